The summed E-state index contributed by atoms with van der Waals surface area (Å²) in [5, 5.41) is 14.9. The van der Waals surface area contributed by atoms with Crippen molar-refractivity contribution >= 4 is 17.7 Å². The summed E-state index contributed by atoms with van der Waals surface area (Å²) in [6, 6.07) is 5.98. The van der Waals surface area contributed by atoms with Crippen LogP contribution in [-0.2, 0) is 13.0 Å². The van der Waals surface area contributed by atoms with E-state index in [-0.39, 0.29) is 12.5 Å². The van der Waals surface area contributed by atoms with Crippen LogP contribution in [0.3, 0.4) is 0 Å². The maximum absolute atomic E-state index is 12.0. The van der Waals surface area contributed by atoms with Crippen molar-refractivity contribution in [2.75, 3.05) is 31.2 Å². The van der Waals surface area contributed by atoms with Crippen LogP contribution < -0.4 is 10.6 Å². The number of amides is 1. The van der Waals surface area contributed by atoms with E-state index in [1.54, 1.807) is 11.8 Å². The quantitative estimate of drug-likeness (QED) is 0.661. The van der Waals surface area contributed by atoms with Crippen LogP contribution in [0.1, 0.15) is 27.9 Å². The standard InChI is InChI=1S/C15H22N2O2S/c18-7-1-8-20-9-6-17-15(19)13-3-2-12-4-5-16-11-14(12)10-13/h2-3,10,16,18H,1,4-9,11H2,(H,17,19). The molecule has 1 aliphatic heterocycles. The number of benzene rings is 1. The smallest absolute Gasteiger partial charge is 0.251 e. The number of aliphatic hydroxyl groups excluding tert-OH is 1. The second kappa shape index (κ2) is 8.29. The van der Waals surface area contributed by atoms with E-state index in [2.05, 4.69) is 16.7 Å². The van der Waals surface area contributed by atoms with E-state index < -0.39 is 0 Å². The van der Waals surface area contributed by atoms with Crippen LogP contribution in [0.2, 0.25) is 0 Å². The zero-order valence-corrected chi connectivity index (χ0v) is 12.5. The Kier molecular flexibility index (Phi) is 6.36. The average molecular weight is 294 g/mol. The van der Waals surface area contributed by atoms with Gasteiger partial charge in [-0.3, -0.25) is 4.79 Å². The van der Waals surface area contributed by atoms with Gasteiger partial charge in [-0.15, -0.1) is 0 Å². The highest BCUT2D eigenvalue weighted by molar-refractivity contribution is 7.99. The molecule has 4 nitrogen and oxygen atoms in total. The molecule has 0 aromatic heterocycles. The minimum Gasteiger partial charge on any atom is -0.396 e. The van der Waals surface area contributed by atoms with Gasteiger partial charge in [0.1, 0.15) is 0 Å². The monoisotopic (exact) mass is 294 g/mol. The number of thioether (sulfide) groups is 1. The first-order chi connectivity index (χ1) is 9.81. The predicted octanol–water partition coefficient (Wildman–Crippen LogP) is 1.18. The van der Waals surface area contributed by atoms with Crippen molar-refractivity contribution in [3.05, 3.63) is 34.9 Å². The second-order valence-electron chi connectivity index (χ2n) is 4.86. The summed E-state index contributed by atoms with van der Waals surface area (Å²) in [6.07, 6.45) is 1.86. The molecule has 1 amide bonds. The summed E-state index contributed by atoms with van der Waals surface area (Å²) in [4.78, 5) is 12.0. The Bertz CT molecular complexity index is 451. The molecule has 110 valence electrons. The van der Waals surface area contributed by atoms with E-state index in [4.69, 9.17) is 5.11 Å². The molecule has 1 heterocycles. The highest BCUT2D eigenvalue weighted by atomic mass is 32.2. The third-order valence-corrected chi connectivity index (χ3v) is 4.40. The molecule has 0 unspecified atom stereocenters. The maximum Gasteiger partial charge on any atom is 0.251 e. The van der Waals surface area contributed by atoms with Crippen LogP contribution in [0.5, 0.6) is 0 Å². The summed E-state index contributed by atoms with van der Waals surface area (Å²) in [5.74, 6) is 1.83. The Hall–Kier alpha value is -1.04. The van der Waals surface area contributed by atoms with Gasteiger partial charge in [0.05, 0.1) is 0 Å². The minimum absolute atomic E-state index is 0.00105. The molecule has 0 saturated carbocycles. The fourth-order valence-electron chi connectivity index (χ4n) is 2.23. The Morgan fingerprint density at radius 2 is 2.25 bits per heavy atom. The summed E-state index contributed by atoms with van der Waals surface area (Å²) < 4.78 is 0. The van der Waals surface area contributed by atoms with E-state index in [1.165, 1.54) is 11.1 Å². The van der Waals surface area contributed by atoms with Crippen molar-refractivity contribution in [1.29, 1.82) is 0 Å². The molecule has 0 bridgehead atoms. The fraction of sp³-hybridized carbons (Fsp3) is 0.533. The normalized spacial score (nSPS) is 13.8. The first-order valence-corrected chi connectivity index (χ1v) is 8.26. The number of carbonyl (C=O) groups excluding carboxylic acids is 1. The molecule has 1 aromatic rings. The molecular formula is C15H22N2O2S. The van der Waals surface area contributed by atoms with Crippen molar-refractivity contribution in [2.45, 2.75) is 19.4 Å². The molecule has 0 atom stereocenters. The first kappa shape index (κ1) is 15.4. The Labute approximate surface area is 124 Å². The number of fused-ring (bicyclic) bond motifs is 1. The number of rotatable bonds is 7. The lowest BCUT2D eigenvalue weighted by molar-refractivity contribution is 0.0956. The zero-order chi connectivity index (χ0) is 14.2. The molecule has 2 rings (SSSR count). The molecule has 0 fully saturated rings. The number of nitrogens with one attached hydrogen (secondary N) is 2. The highest BCUT2D eigenvalue weighted by Gasteiger charge is 2.12. The third-order valence-electron chi connectivity index (χ3n) is 3.33. The van der Waals surface area contributed by atoms with Gasteiger partial charge in [0.25, 0.3) is 5.91 Å². The van der Waals surface area contributed by atoms with Crippen LogP contribution in [-0.4, -0.2) is 42.2 Å². The Morgan fingerprint density at radius 3 is 3.10 bits per heavy atom. The van der Waals surface area contributed by atoms with Crippen LogP contribution in [0.15, 0.2) is 18.2 Å². The van der Waals surface area contributed by atoms with Gasteiger partial charge in [-0.1, -0.05) is 6.07 Å². The Balaban J connectivity index is 1.77. The number of hydrogen-bond donors (Lipinski definition) is 3. The van der Waals surface area contributed by atoms with Crippen molar-refractivity contribution in [1.82, 2.24) is 10.6 Å². The lowest BCUT2D eigenvalue weighted by atomic mass is 9.98. The largest absolute Gasteiger partial charge is 0.396 e. The lowest BCUT2D eigenvalue weighted by Gasteiger charge is -2.17. The molecule has 1 aliphatic rings. The molecule has 0 radical (unpaired) electrons. The third kappa shape index (κ3) is 4.51. The van der Waals surface area contributed by atoms with Gasteiger partial charge < -0.3 is 15.7 Å². The molecule has 1 aromatic carbocycles. The predicted molar refractivity (Wildman–Crippen MR) is 83.2 cm³/mol. The summed E-state index contributed by atoms with van der Waals surface area (Å²) >= 11 is 1.75. The van der Waals surface area contributed by atoms with Crippen molar-refractivity contribution in [2.24, 2.45) is 0 Å². The van der Waals surface area contributed by atoms with Gasteiger partial charge in [-0.05, 0) is 48.4 Å². The lowest BCUT2D eigenvalue weighted by Crippen LogP contribution is -2.27. The van der Waals surface area contributed by atoms with Gasteiger partial charge in [0.15, 0.2) is 0 Å². The number of hydrogen-bond acceptors (Lipinski definition) is 4. The van der Waals surface area contributed by atoms with Gasteiger partial charge in [-0.25, -0.2) is 0 Å². The summed E-state index contributed by atoms with van der Waals surface area (Å²) in [6.45, 7) is 2.78. The molecule has 3 N–H and O–H groups in total. The van der Waals surface area contributed by atoms with E-state index in [1.807, 2.05) is 12.1 Å². The molecule has 0 aliphatic carbocycles. The number of aliphatic hydroxyl groups is 1. The molecule has 0 spiro atoms. The topological polar surface area (TPSA) is 61.4 Å². The van der Waals surface area contributed by atoms with E-state index in [9.17, 15) is 4.79 Å². The molecule has 20 heavy (non-hydrogen) atoms. The average Bonchev–Trinajstić information content (AvgIpc) is 2.50. The van der Waals surface area contributed by atoms with Crippen molar-refractivity contribution < 1.29 is 9.90 Å². The van der Waals surface area contributed by atoms with Crippen LogP contribution in [0.25, 0.3) is 0 Å². The van der Waals surface area contributed by atoms with E-state index in [0.717, 1.165) is 43.0 Å². The van der Waals surface area contributed by atoms with Crippen LogP contribution >= 0.6 is 11.8 Å². The fourth-order valence-corrected chi connectivity index (χ4v) is 3.01. The molecular weight excluding hydrogens is 272 g/mol. The molecule has 0 saturated heterocycles. The second-order valence-corrected chi connectivity index (χ2v) is 6.08. The Morgan fingerprint density at radius 1 is 1.35 bits per heavy atom. The zero-order valence-electron chi connectivity index (χ0n) is 11.7. The van der Waals surface area contributed by atoms with Gasteiger partial charge >= 0.3 is 0 Å². The maximum atomic E-state index is 12.0. The summed E-state index contributed by atoms with van der Waals surface area (Å²) in [5.41, 5.74) is 3.33. The van der Waals surface area contributed by atoms with Crippen molar-refractivity contribution in [3.63, 3.8) is 0 Å². The first-order valence-electron chi connectivity index (χ1n) is 7.10. The van der Waals surface area contributed by atoms with Crippen LogP contribution in [0.4, 0.5) is 0 Å². The van der Waals surface area contributed by atoms with Gasteiger partial charge in [0, 0.05) is 31.0 Å². The number of carbonyl (C=O) groups is 1. The molecule has 5 heteroatoms. The minimum atomic E-state index is 0.00105. The van der Waals surface area contributed by atoms with Crippen LogP contribution in [0, 0.1) is 0 Å². The van der Waals surface area contributed by atoms with E-state index in [0.29, 0.717) is 6.54 Å². The summed E-state index contributed by atoms with van der Waals surface area (Å²) in [7, 11) is 0. The van der Waals surface area contributed by atoms with Crippen molar-refractivity contribution in [3.8, 4) is 0 Å². The van der Waals surface area contributed by atoms with E-state index >= 15 is 0 Å². The SMILES string of the molecule is O=C(NCCSCCCO)c1ccc2c(c1)CNCC2. The van der Waals surface area contributed by atoms with Gasteiger partial charge in [-0.2, -0.15) is 11.8 Å². The van der Waals surface area contributed by atoms with Gasteiger partial charge in [0.2, 0.25) is 0 Å². The highest BCUT2D eigenvalue weighted by Crippen LogP contribution is 2.15.